The molecular weight excluding hydrogens is 432 g/mol. The van der Waals surface area contributed by atoms with Crippen molar-refractivity contribution in [3.05, 3.63) is 101 Å². The minimum atomic E-state index is -0.156. The number of amides is 1. The predicted octanol–water partition coefficient (Wildman–Crippen LogP) is 4.07. The summed E-state index contributed by atoms with van der Waals surface area (Å²) in [6, 6.07) is 20.0. The molecule has 0 spiro atoms. The van der Waals surface area contributed by atoms with Gasteiger partial charge in [-0.15, -0.1) is 21.5 Å². The van der Waals surface area contributed by atoms with E-state index in [1.54, 1.807) is 17.4 Å². The molecule has 0 fully saturated rings. The van der Waals surface area contributed by atoms with Gasteiger partial charge in [-0.2, -0.15) is 5.10 Å². The van der Waals surface area contributed by atoms with Gasteiger partial charge < -0.3 is 5.32 Å². The van der Waals surface area contributed by atoms with E-state index in [1.807, 2.05) is 81.5 Å². The summed E-state index contributed by atoms with van der Waals surface area (Å²) in [6.45, 7) is 1.15. The van der Waals surface area contributed by atoms with E-state index in [2.05, 4.69) is 27.6 Å². The average Bonchev–Trinajstić information content (AvgIpc) is 3.59. The first kappa shape index (κ1) is 20.8. The van der Waals surface area contributed by atoms with Gasteiger partial charge in [-0.25, -0.2) is 0 Å². The molecule has 0 saturated carbocycles. The summed E-state index contributed by atoms with van der Waals surface area (Å²) < 4.78 is 3.84. The smallest absolute Gasteiger partial charge is 0.244 e. The zero-order valence-electron chi connectivity index (χ0n) is 17.8. The number of aromatic nitrogens is 5. The summed E-state index contributed by atoms with van der Waals surface area (Å²) in [5.41, 5.74) is 3.76. The lowest BCUT2D eigenvalue weighted by atomic mass is 10.2. The Labute approximate surface area is 195 Å². The number of hydrogen-bond donors (Lipinski definition) is 1. The number of nitrogens with one attached hydrogen (secondary N) is 1. The normalized spacial score (nSPS) is 11.4. The maximum Gasteiger partial charge on any atom is 0.244 e. The SMILES string of the molecule is O=C(/C=C/c1cn(Cc2ccccc2)nc1-c1cccs1)NCCc1nnc2ccccn12. The molecule has 8 heteroatoms. The van der Waals surface area contributed by atoms with Gasteiger partial charge in [0.2, 0.25) is 5.91 Å². The summed E-state index contributed by atoms with van der Waals surface area (Å²) in [7, 11) is 0. The number of thiophene rings is 1. The van der Waals surface area contributed by atoms with Crippen LogP contribution in [0.2, 0.25) is 0 Å². The summed E-state index contributed by atoms with van der Waals surface area (Å²) in [4.78, 5) is 13.5. The number of rotatable bonds is 8. The van der Waals surface area contributed by atoms with E-state index in [0.717, 1.165) is 27.6 Å². The molecule has 0 aliphatic carbocycles. The monoisotopic (exact) mass is 454 g/mol. The fraction of sp³-hybridized carbons (Fsp3) is 0.120. The van der Waals surface area contributed by atoms with Gasteiger partial charge in [0.1, 0.15) is 11.5 Å². The number of nitrogens with zero attached hydrogens (tertiary/aromatic N) is 5. The van der Waals surface area contributed by atoms with Gasteiger partial charge in [-0.05, 0) is 35.2 Å². The number of carbonyl (C=O) groups excluding carboxylic acids is 1. The van der Waals surface area contributed by atoms with Crippen LogP contribution < -0.4 is 5.32 Å². The molecule has 5 rings (SSSR count). The largest absolute Gasteiger partial charge is 0.352 e. The fourth-order valence-electron chi connectivity index (χ4n) is 3.60. The molecule has 0 unspecified atom stereocenters. The molecule has 7 nitrogen and oxygen atoms in total. The van der Waals surface area contributed by atoms with Crippen molar-refractivity contribution in [2.24, 2.45) is 0 Å². The Morgan fingerprint density at radius 1 is 1.03 bits per heavy atom. The third kappa shape index (κ3) is 4.91. The molecule has 4 aromatic heterocycles. The first-order valence-electron chi connectivity index (χ1n) is 10.7. The predicted molar refractivity (Wildman–Crippen MR) is 130 cm³/mol. The van der Waals surface area contributed by atoms with Crippen LogP contribution in [0.1, 0.15) is 17.0 Å². The van der Waals surface area contributed by atoms with Gasteiger partial charge in [0.25, 0.3) is 0 Å². The maximum atomic E-state index is 12.4. The van der Waals surface area contributed by atoms with Crippen LogP contribution in [-0.4, -0.2) is 36.8 Å². The van der Waals surface area contributed by atoms with Gasteiger partial charge in [0.15, 0.2) is 5.65 Å². The molecule has 0 atom stereocenters. The summed E-state index contributed by atoms with van der Waals surface area (Å²) >= 11 is 1.63. The van der Waals surface area contributed by atoms with E-state index in [0.29, 0.717) is 19.5 Å². The van der Waals surface area contributed by atoms with Gasteiger partial charge in [-0.3, -0.25) is 13.9 Å². The van der Waals surface area contributed by atoms with Crippen LogP contribution >= 0.6 is 11.3 Å². The Morgan fingerprint density at radius 3 is 2.76 bits per heavy atom. The number of pyridine rings is 1. The molecule has 1 aromatic carbocycles. The van der Waals surface area contributed by atoms with E-state index in [9.17, 15) is 4.79 Å². The van der Waals surface area contributed by atoms with Crippen molar-refractivity contribution in [1.29, 1.82) is 0 Å². The highest BCUT2D eigenvalue weighted by Crippen LogP contribution is 2.27. The van der Waals surface area contributed by atoms with Crippen molar-refractivity contribution < 1.29 is 4.79 Å². The highest BCUT2D eigenvalue weighted by molar-refractivity contribution is 7.13. The Hall–Kier alpha value is -4.04. The van der Waals surface area contributed by atoms with Crippen molar-refractivity contribution >= 4 is 29.0 Å². The minimum absolute atomic E-state index is 0.156. The van der Waals surface area contributed by atoms with Gasteiger partial charge >= 0.3 is 0 Å². The Bertz CT molecular complexity index is 1390. The van der Waals surface area contributed by atoms with E-state index >= 15 is 0 Å². The van der Waals surface area contributed by atoms with Crippen molar-refractivity contribution in [2.75, 3.05) is 6.54 Å². The van der Waals surface area contributed by atoms with Gasteiger partial charge in [-0.1, -0.05) is 42.5 Å². The molecule has 1 amide bonds. The minimum Gasteiger partial charge on any atom is -0.352 e. The number of benzene rings is 1. The molecule has 0 radical (unpaired) electrons. The van der Waals surface area contributed by atoms with E-state index in [1.165, 1.54) is 5.56 Å². The maximum absolute atomic E-state index is 12.4. The lowest BCUT2D eigenvalue weighted by Gasteiger charge is -2.01. The molecular formula is C25H22N6OS. The fourth-order valence-corrected chi connectivity index (χ4v) is 4.33. The van der Waals surface area contributed by atoms with E-state index in [4.69, 9.17) is 5.10 Å². The molecule has 164 valence electrons. The van der Waals surface area contributed by atoms with Crippen LogP contribution in [0.25, 0.3) is 22.3 Å². The highest BCUT2D eigenvalue weighted by atomic mass is 32.1. The summed E-state index contributed by atoms with van der Waals surface area (Å²) in [5, 5.41) is 18.1. The third-order valence-electron chi connectivity index (χ3n) is 5.18. The lowest BCUT2D eigenvalue weighted by Crippen LogP contribution is -2.24. The van der Waals surface area contributed by atoms with Crippen molar-refractivity contribution in [3.8, 4) is 10.6 Å². The van der Waals surface area contributed by atoms with Crippen LogP contribution in [0.15, 0.2) is 84.5 Å². The van der Waals surface area contributed by atoms with Crippen LogP contribution in [0.5, 0.6) is 0 Å². The number of hydrogen-bond acceptors (Lipinski definition) is 5. The highest BCUT2D eigenvalue weighted by Gasteiger charge is 2.11. The molecule has 33 heavy (non-hydrogen) atoms. The van der Waals surface area contributed by atoms with Crippen molar-refractivity contribution in [1.82, 2.24) is 29.7 Å². The topological polar surface area (TPSA) is 77.1 Å². The van der Waals surface area contributed by atoms with Crippen LogP contribution in [0, 0.1) is 0 Å². The van der Waals surface area contributed by atoms with E-state index < -0.39 is 0 Å². The Kier molecular flexibility index (Phi) is 6.08. The molecule has 4 heterocycles. The standard InChI is InChI=1S/C25H22N6OS/c32-24(26-14-13-23-28-27-22-10-4-5-15-31(22)23)12-11-20-18-30(17-19-7-2-1-3-8-19)29-25(20)21-9-6-16-33-21/h1-12,15-16,18H,13-14,17H2,(H,26,32)/b12-11+. The molecule has 0 saturated heterocycles. The summed E-state index contributed by atoms with van der Waals surface area (Å²) in [6.07, 6.45) is 7.88. The van der Waals surface area contributed by atoms with Crippen molar-refractivity contribution in [2.45, 2.75) is 13.0 Å². The first-order chi connectivity index (χ1) is 16.3. The Balaban J connectivity index is 1.26. The van der Waals surface area contributed by atoms with Crippen molar-refractivity contribution in [3.63, 3.8) is 0 Å². The second-order valence-corrected chi connectivity index (χ2v) is 8.46. The third-order valence-corrected chi connectivity index (χ3v) is 6.05. The lowest BCUT2D eigenvalue weighted by molar-refractivity contribution is -0.116. The first-order valence-corrected chi connectivity index (χ1v) is 11.5. The summed E-state index contributed by atoms with van der Waals surface area (Å²) in [5.74, 6) is 0.661. The quantitative estimate of drug-likeness (QED) is 0.359. The zero-order valence-corrected chi connectivity index (χ0v) is 18.7. The molecule has 1 N–H and O–H groups in total. The zero-order chi connectivity index (χ0) is 22.5. The molecule has 0 aliphatic heterocycles. The second kappa shape index (κ2) is 9.62. The van der Waals surface area contributed by atoms with Crippen LogP contribution in [0.3, 0.4) is 0 Å². The average molecular weight is 455 g/mol. The van der Waals surface area contributed by atoms with E-state index in [-0.39, 0.29) is 5.91 Å². The van der Waals surface area contributed by atoms with Gasteiger partial charge in [0.05, 0.1) is 11.4 Å². The number of carbonyl (C=O) groups is 1. The molecule has 0 aliphatic rings. The Morgan fingerprint density at radius 2 is 1.91 bits per heavy atom. The molecule has 5 aromatic rings. The second-order valence-electron chi connectivity index (χ2n) is 7.51. The van der Waals surface area contributed by atoms with Crippen LogP contribution in [0.4, 0.5) is 0 Å². The van der Waals surface area contributed by atoms with Crippen LogP contribution in [-0.2, 0) is 17.8 Å². The number of fused-ring (bicyclic) bond motifs is 1. The molecule has 0 bridgehead atoms. The van der Waals surface area contributed by atoms with Gasteiger partial charge in [0, 0.05) is 37.0 Å².